The molecule has 1 saturated carbocycles. The van der Waals surface area contributed by atoms with Crippen LogP contribution in [0.1, 0.15) is 67.8 Å². The van der Waals surface area contributed by atoms with Crippen molar-refractivity contribution in [2.45, 2.75) is 57.4 Å². The van der Waals surface area contributed by atoms with Gasteiger partial charge in [0.25, 0.3) is 11.8 Å². The van der Waals surface area contributed by atoms with Crippen molar-refractivity contribution in [1.29, 1.82) is 0 Å². The lowest BCUT2D eigenvalue weighted by molar-refractivity contribution is -0.130. The van der Waals surface area contributed by atoms with Gasteiger partial charge in [0, 0.05) is 12.1 Å². The Morgan fingerprint density at radius 1 is 1.26 bits per heavy atom. The summed E-state index contributed by atoms with van der Waals surface area (Å²) < 4.78 is 0. The standard InChI is InChI=1S/C19H26N2O2/c1-2-3-13-20-18(23)19(14-9-5-4-6-10-14)16-12-8-7-11-15(16)17(22)21-19/h7-8,11-12,14H,2-6,9-10,13H2,1H3,(H,20,23)(H,21,22). The average molecular weight is 314 g/mol. The van der Waals surface area contributed by atoms with Crippen LogP contribution in [0.4, 0.5) is 0 Å². The molecule has 1 fully saturated rings. The molecule has 23 heavy (non-hydrogen) atoms. The minimum absolute atomic E-state index is 0.0313. The number of carbonyl (C=O) groups excluding carboxylic acids is 2. The summed E-state index contributed by atoms with van der Waals surface area (Å²) in [4.78, 5) is 25.6. The highest BCUT2D eigenvalue weighted by atomic mass is 16.2. The fourth-order valence-corrected chi connectivity index (χ4v) is 4.08. The van der Waals surface area contributed by atoms with Crippen molar-refractivity contribution in [3.05, 3.63) is 35.4 Å². The normalized spacial score (nSPS) is 24.1. The number of amides is 2. The van der Waals surface area contributed by atoms with Gasteiger partial charge in [0.15, 0.2) is 0 Å². The first-order valence-corrected chi connectivity index (χ1v) is 8.90. The summed E-state index contributed by atoms with van der Waals surface area (Å²) in [6.07, 6.45) is 7.48. The van der Waals surface area contributed by atoms with Crippen molar-refractivity contribution < 1.29 is 9.59 Å². The first kappa shape index (κ1) is 16.0. The van der Waals surface area contributed by atoms with Gasteiger partial charge in [-0.05, 0) is 36.8 Å². The average Bonchev–Trinajstić information content (AvgIpc) is 2.90. The van der Waals surface area contributed by atoms with E-state index in [1.54, 1.807) is 0 Å². The SMILES string of the molecule is CCCCNC(=O)C1(C2CCCCC2)NC(=O)c2ccccc21. The molecule has 1 aliphatic heterocycles. The van der Waals surface area contributed by atoms with Gasteiger partial charge in [0.1, 0.15) is 5.54 Å². The summed E-state index contributed by atoms with van der Waals surface area (Å²) >= 11 is 0. The molecule has 3 rings (SSSR count). The first-order chi connectivity index (χ1) is 11.2. The number of hydrogen-bond acceptors (Lipinski definition) is 2. The summed E-state index contributed by atoms with van der Waals surface area (Å²) in [6.45, 7) is 2.78. The van der Waals surface area contributed by atoms with Crippen LogP contribution in [-0.2, 0) is 10.3 Å². The lowest BCUT2D eigenvalue weighted by Gasteiger charge is -2.39. The smallest absolute Gasteiger partial charge is 0.252 e. The third-order valence-electron chi connectivity index (χ3n) is 5.30. The van der Waals surface area contributed by atoms with Gasteiger partial charge in [-0.1, -0.05) is 50.8 Å². The summed E-state index contributed by atoms with van der Waals surface area (Å²) in [5.74, 6) is 0.0402. The van der Waals surface area contributed by atoms with E-state index in [1.807, 2.05) is 24.3 Å². The fourth-order valence-electron chi connectivity index (χ4n) is 4.08. The van der Waals surface area contributed by atoms with Crippen molar-refractivity contribution in [2.24, 2.45) is 5.92 Å². The number of nitrogens with one attached hydrogen (secondary N) is 2. The van der Waals surface area contributed by atoms with Crippen LogP contribution in [-0.4, -0.2) is 18.4 Å². The van der Waals surface area contributed by atoms with Crippen LogP contribution in [0.3, 0.4) is 0 Å². The van der Waals surface area contributed by atoms with Crippen LogP contribution in [0.5, 0.6) is 0 Å². The Bertz CT molecular complexity index is 593. The third kappa shape index (κ3) is 2.75. The number of carbonyl (C=O) groups is 2. The molecule has 4 heteroatoms. The Kier molecular flexibility index (Phi) is 4.69. The molecule has 1 aromatic carbocycles. The largest absolute Gasteiger partial charge is 0.354 e. The molecule has 2 aliphatic rings. The zero-order valence-electron chi connectivity index (χ0n) is 13.9. The van der Waals surface area contributed by atoms with E-state index in [2.05, 4.69) is 17.6 Å². The third-order valence-corrected chi connectivity index (χ3v) is 5.30. The molecule has 1 atom stereocenters. The maximum Gasteiger partial charge on any atom is 0.252 e. The summed E-state index contributed by atoms with van der Waals surface area (Å²) in [7, 11) is 0. The lowest BCUT2D eigenvalue weighted by atomic mass is 9.71. The van der Waals surface area contributed by atoms with Crippen molar-refractivity contribution >= 4 is 11.8 Å². The Morgan fingerprint density at radius 3 is 2.74 bits per heavy atom. The number of rotatable bonds is 5. The quantitative estimate of drug-likeness (QED) is 0.820. The van der Waals surface area contributed by atoms with Crippen LogP contribution in [0.15, 0.2) is 24.3 Å². The predicted octanol–water partition coefficient (Wildman–Crippen LogP) is 3.12. The molecule has 124 valence electrons. The molecule has 2 N–H and O–H groups in total. The molecule has 0 radical (unpaired) electrons. The minimum Gasteiger partial charge on any atom is -0.354 e. The van der Waals surface area contributed by atoms with E-state index in [0.29, 0.717) is 12.1 Å². The summed E-state index contributed by atoms with van der Waals surface area (Å²) in [5, 5.41) is 6.15. The molecule has 2 amide bonds. The van der Waals surface area contributed by atoms with E-state index in [-0.39, 0.29) is 17.7 Å². The molecule has 1 aromatic rings. The van der Waals surface area contributed by atoms with Gasteiger partial charge in [-0.3, -0.25) is 9.59 Å². The van der Waals surface area contributed by atoms with Gasteiger partial charge in [0.05, 0.1) is 0 Å². The topological polar surface area (TPSA) is 58.2 Å². The van der Waals surface area contributed by atoms with Crippen LogP contribution >= 0.6 is 0 Å². The highest BCUT2D eigenvalue weighted by Gasteiger charge is 2.53. The van der Waals surface area contributed by atoms with Crippen molar-refractivity contribution in [1.82, 2.24) is 10.6 Å². The Labute approximate surface area is 138 Å². The second-order valence-corrected chi connectivity index (χ2v) is 6.75. The molecule has 1 aliphatic carbocycles. The molecule has 0 saturated heterocycles. The maximum atomic E-state index is 13.1. The number of fused-ring (bicyclic) bond motifs is 1. The number of benzene rings is 1. The van der Waals surface area contributed by atoms with Crippen LogP contribution in [0.2, 0.25) is 0 Å². The van der Waals surface area contributed by atoms with Crippen LogP contribution in [0.25, 0.3) is 0 Å². The van der Waals surface area contributed by atoms with E-state index in [0.717, 1.165) is 44.1 Å². The fraction of sp³-hybridized carbons (Fsp3) is 0.579. The summed E-state index contributed by atoms with van der Waals surface area (Å²) in [6, 6.07) is 7.57. The van der Waals surface area contributed by atoms with Gasteiger partial charge in [-0.2, -0.15) is 0 Å². The molecule has 4 nitrogen and oxygen atoms in total. The van der Waals surface area contributed by atoms with Crippen LogP contribution < -0.4 is 10.6 Å². The molecule has 1 heterocycles. The second kappa shape index (κ2) is 6.73. The van der Waals surface area contributed by atoms with Gasteiger partial charge >= 0.3 is 0 Å². The first-order valence-electron chi connectivity index (χ1n) is 8.90. The molecule has 0 bridgehead atoms. The molecular weight excluding hydrogens is 288 g/mol. The molecule has 0 spiro atoms. The van der Waals surface area contributed by atoms with E-state index in [4.69, 9.17) is 0 Å². The Morgan fingerprint density at radius 2 is 2.00 bits per heavy atom. The number of hydrogen-bond donors (Lipinski definition) is 2. The van der Waals surface area contributed by atoms with Crippen molar-refractivity contribution in [3.63, 3.8) is 0 Å². The highest BCUT2D eigenvalue weighted by Crippen LogP contribution is 2.44. The summed E-state index contributed by atoms with van der Waals surface area (Å²) in [5.41, 5.74) is 0.650. The zero-order chi connectivity index (χ0) is 16.3. The monoisotopic (exact) mass is 314 g/mol. The van der Waals surface area contributed by atoms with E-state index >= 15 is 0 Å². The highest BCUT2D eigenvalue weighted by molar-refractivity contribution is 6.07. The molecular formula is C19H26N2O2. The van der Waals surface area contributed by atoms with E-state index in [1.165, 1.54) is 6.42 Å². The molecule has 1 unspecified atom stereocenters. The predicted molar refractivity (Wildman–Crippen MR) is 90.1 cm³/mol. The van der Waals surface area contributed by atoms with Crippen molar-refractivity contribution in [2.75, 3.05) is 6.54 Å². The Hall–Kier alpha value is -1.84. The lowest BCUT2D eigenvalue weighted by Crippen LogP contribution is -2.57. The van der Waals surface area contributed by atoms with Gasteiger partial charge in [-0.15, -0.1) is 0 Å². The van der Waals surface area contributed by atoms with Crippen molar-refractivity contribution in [3.8, 4) is 0 Å². The maximum absolute atomic E-state index is 13.1. The second-order valence-electron chi connectivity index (χ2n) is 6.75. The van der Waals surface area contributed by atoms with Gasteiger partial charge in [-0.25, -0.2) is 0 Å². The van der Waals surface area contributed by atoms with E-state index in [9.17, 15) is 9.59 Å². The minimum atomic E-state index is -0.873. The van der Waals surface area contributed by atoms with Crippen LogP contribution in [0, 0.1) is 5.92 Å². The van der Waals surface area contributed by atoms with E-state index < -0.39 is 5.54 Å². The van der Waals surface area contributed by atoms with Gasteiger partial charge in [0.2, 0.25) is 0 Å². The molecule has 0 aromatic heterocycles. The Balaban J connectivity index is 1.98. The number of unbranched alkanes of at least 4 members (excludes halogenated alkanes) is 1. The zero-order valence-corrected chi connectivity index (χ0v) is 13.9. The van der Waals surface area contributed by atoms with Gasteiger partial charge < -0.3 is 10.6 Å².